The average molecular weight is 318 g/mol. The number of likely N-dealkylation sites (tertiary alicyclic amines) is 1. The zero-order valence-corrected chi connectivity index (χ0v) is 12.6. The molecule has 1 fully saturated rings. The molecule has 7 heteroatoms. The molecular weight excluding hydrogens is 300 g/mol. The van der Waals surface area contributed by atoms with Gasteiger partial charge in [-0.2, -0.15) is 0 Å². The zero-order chi connectivity index (χ0) is 16.4. The second kappa shape index (κ2) is 6.28. The number of amides is 2. The summed E-state index contributed by atoms with van der Waals surface area (Å²) in [7, 11) is 0. The number of hydrogen-bond donors (Lipinski definition) is 1. The van der Waals surface area contributed by atoms with Crippen LogP contribution in [0.3, 0.4) is 0 Å². The highest BCUT2D eigenvalue weighted by Gasteiger charge is 2.31. The lowest BCUT2D eigenvalue weighted by atomic mass is 9.97. The highest BCUT2D eigenvalue weighted by Crippen LogP contribution is 2.31. The van der Waals surface area contributed by atoms with Gasteiger partial charge in [0.2, 0.25) is 5.91 Å². The lowest BCUT2D eigenvalue weighted by Crippen LogP contribution is -2.48. The number of para-hydroxylation sites is 2. The molecule has 2 aliphatic rings. The Balaban J connectivity index is 1.66. The molecule has 0 atom stereocenters. The van der Waals surface area contributed by atoms with E-state index in [1.54, 1.807) is 23.1 Å². The van der Waals surface area contributed by atoms with Crippen molar-refractivity contribution in [2.45, 2.75) is 12.8 Å². The maximum atomic E-state index is 12.4. The summed E-state index contributed by atoms with van der Waals surface area (Å²) in [6.45, 7) is 0.703. The summed E-state index contributed by atoms with van der Waals surface area (Å²) >= 11 is 0. The monoisotopic (exact) mass is 318 g/mol. The van der Waals surface area contributed by atoms with Gasteiger partial charge in [0.15, 0.2) is 6.61 Å². The van der Waals surface area contributed by atoms with Gasteiger partial charge < -0.3 is 14.7 Å². The molecule has 3 rings (SSSR count). The molecule has 1 N–H and O–H groups in total. The van der Waals surface area contributed by atoms with E-state index in [1.165, 1.54) is 4.90 Å². The Morgan fingerprint density at radius 2 is 1.91 bits per heavy atom. The number of hydrogen-bond acceptors (Lipinski definition) is 4. The number of piperidine rings is 1. The maximum absolute atomic E-state index is 12.4. The summed E-state index contributed by atoms with van der Waals surface area (Å²) in [4.78, 5) is 38.5. The van der Waals surface area contributed by atoms with Crippen molar-refractivity contribution in [1.82, 2.24) is 4.90 Å². The third-order valence-corrected chi connectivity index (χ3v) is 4.30. The van der Waals surface area contributed by atoms with E-state index in [4.69, 9.17) is 9.84 Å². The van der Waals surface area contributed by atoms with Gasteiger partial charge in [-0.25, -0.2) is 0 Å². The van der Waals surface area contributed by atoms with Crippen molar-refractivity contribution in [1.29, 1.82) is 0 Å². The Kier molecular flexibility index (Phi) is 4.18. The lowest BCUT2D eigenvalue weighted by Gasteiger charge is -2.34. The van der Waals surface area contributed by atoms with Crippen molar-refractivity contribution in [2.24, 2.45) is 5.92 Å². The maximum Gasteiger partial charge on any atom is 0.306 e. The van der Waals surface area contributed by atoms with Crippen LogP contribution < -0.4 is 9.64 Å². The molecule has 0 unspecified atom stereocenters. The van der Waals surface area contributed by atoms with Crippen LogP contribution in [0.2, 0.25) is 0 Å². The third kappa shape index (κ3) is 3.13. The first-order valence-corrected chi connectivity index (χ1v) is 7.59. The summed E-state index contributed by atoms with van der Waals surface area (Å²) < 4.78 is 5.35. The minimum atomic E-state index is -0.811. The number of rotatable bonds is 3. The van der Waals surface area contributed by atoms with Crippen molar-refractivity contribution in [2.75, 3.05) is 31.1 Å². The first-order chi connectivity index (χ1) is 11.1. The first kappa shape index (κ1) is 15.3. The van der Waals surface area contributed by atoms with Gasteiger partial charge in [-0.05, 0) is 25.0 Å². The van der Waals surface area contributed by atoms with E-state index < -0.39 is 5.97 Å². The van der Waals surface area contributed by atoms with E-state index in [1.807, 2.05) is 6.07 Å². The number of carbonyl (C=O) groups excluding carboxylic acids is 2. The Morgan fingerprint density at radius 3 is 2.61 bits per heavy atom. The number of carboxylic acid groups (broad SMARTS) is 1. The van der Waals surface area contributed by atoms with E-state index in [9.17, 15) is 14.4 Å². The molecule has 122 valence electrons. The number of carbonyl (C=O) groups is 3. The molecule has 7 nitrogen and oxygen atoms in total. The molecule has 23 heavy (non-hydrogen) atoms. The summed E-state index contributed by atoms with van der Waals surface area (Å²) in [6, 6.07) is 7.11. The van der Waals surface area contributed by atoms with Crippen molar-refractivity contribution in [3.8, 4) is 5.75 Å². The molecule has 0 aromatic heterocycles. The normalized spacial score (nSPS) is 18.3. The van der Waals surface area contributed by atoms with Crippen LogP contribution in [0.25, 0.3) is 0 Å². The highest BCUT2D eigenvalue weighted by molar-refractivity contribution is 6.02. The average Bonchev–Trinajstić information content (AvgIpc) is 2.57. The van der Waals surface area contributed by atoms with Crippen LogP contribution in [0.1, 0.15) is 12.8 Å². The third-order valence-electron chi connectivity index (χ3n) is 4.30. The van der Waals surface area contributed by atoms with Crippen LogP contribution in [-0.2, 0) is 14.4 Å². The zero-order valence-electron chi connectivity index (χ0n) is 12.6. The van der Waals surface area contributed by atoms with Crippen LogP contribution in [0.5, 0.6) is 5.75 Å². The predicted octanol–water partition coefficient (Wildman–Crippen LogP) is 0.735. The van der Waals surface area contributed by atoms with Gasteiger partial charge in [-0.3, -0.25) is 19.3 Å². The van der Waals surface area contributed by atoms with E-state index >= 15 is 0 Å². The topological polar surface area (TPSA) is 87.2 Å². The number of carboxylic acids is 1. The highest BCUT2D eigenvalue weighted by atomic mass is 16.5. The second-order valence-electron chi connectivity index (χ2n) is 5.73. The fraction of sp³-hybridized carbons (Fsp3) is 0.438. The largest absolute Gasteiger partial charge is 0.482 e. The first-order valence-electron chi connectivity index (χ1n) is 7.59. The number of aliphatic carboxylic acids is 1. The van der Waals surface area contributed by atoms with Crippen LogP contribution in [-0.4, -0.2) is 54.0 Å². The van der Waals surface area contributed by atoms with E-state index in [0.717, 1.165) is 0 Å². The number of ether oxygens (including phenoxy) is 1. The Hall–Kier alpha value is -2.57. The van der Waals surface area contributed by atoms with Gasteiger partial charge in [0.05, 0.1) is 11.6 Å². The molecule has 2 aliphatic heterocycles. The summed E-state index contributed by atoms with van der Waals surface area (Å²) in [5.74, 6) is -1.03. The van der Waals surface area contributed by atoms with Crippen LogP contribution in [0.4, 0.5) is 5.69 Å². The smallest absolute Gasteiger partial charge is 0.306 e. The second-order valence-corrected chi connectivity index (χ2v) is 5.73. The van der Waals surface area contributed by atoms with Crippen LogP contribution in [0, 0.1) is 5.92 Å². The van der Waals surface area contributed by atoms with Gasteiger partial charge in [0.1, 0.15) is 12.3 Å². The molecule has 0 spiro atoms. The fourth-order valence-electron chi connectivity index (χ4n) is 2.94. The lowest BCUT2D eigenvalue weighted by molar-refractivity contribution is -0.145. The van der Waals surface area contributed by atoms with Gasteiger partial charge >= 0.3 is 5.97 Å². The molecule has 0 aliphatic carbocycles. The minimum absolute atomic E-state index is 0.0447. The Labute approximate surface area is 133 Å². The quantitative estimate of drug-likeness (QED) is 0.888. The molecular formula is C16H18N2O5. The molecule has 2 amide bonds. The SMILES string of the molecule is O=C(O)C1CCN(C(=O)CN2C(=O)COc3ccccc32)CC1. The van der Waals surface area contributed by atoms with E-state index in [2.05, 4.69) is 0 Å². The molecule has 1 aromatic carbocycles. The standard InChI is InChI=1S/C16H18N2O5/c19-14(17-7-5-11(6-8-17)16(21)22)9-18-12-3-1-2-4-13(12)23-10-15(18)20/h1-4,11H,5-10H2,(H,21,22). The number of benzene rings is 1. The van der Waals surface area contributed by atoms with Crippen LogP contribution >= 0.6 is 0 Å². The molecule has 1 saturated heterocycles. The Bertz CT molecular complexity index is 637. The summed E-state index contributed by atoms with van der Waals surface area (Å²) in [5, 5.41) is 9.00. The van der Waals surface area contributed by atoms with Crippen molar-refractivity contribution in [3.63, 3.8) is 0 Å². The molecule has 0 bridgehead atoms. The van der Waals surface area contributed by atoms with Crippen molar-refractivity contribution >= 4 is 23.5 Å². The van der Waals surface area contributed by atoms with Gasteiger partial charge in [-0.15, -0.1) is 0 Å². The number of nitrogens with zero attached hydrogens (tertiary/aromatic N) is 2. The molecule has 0 radical (unpaired) electrons. The van der Waals surface area contributed by atoms with Crippen molar-refractivity contribution in [3.05, 3.63) is 24.3 Å². The van der Waals surface area contributed by atoms with Crippen molar-refractivity contribution < 1.29 is 24.2 Å². The number of anilines is 1. The van der Waals surface area contributed by atoms with Gasteiger partial charge in [0, 0.05) is 13.1 Å². The Morgan fingerprint density at radius 1 is 1.22 bits per heavy atom. The summed E-state index contributed by atoms with van der Waals surface area (Å²) in [6.07, 6.45) is 0.906. The fourth-order valence-corrected chi connectivity index (χ4v) is 2.94. The molecule has 2 heterocycles. The molecule has 1 aromatic rings. The summed E-state index contributed by atoms with van der Waals surface area (Å²) in [5.41, 5.74) is 0.595. The molecule has 0 saturated carbocycles. The minimum Gasteiger partial charge on any atom is -0.482 e. The van der Waals surface area contributed by atoms with Gasteiger partial charge in [-0.1, -0.05) is 12.1 Å². The predicted molar refractivity (Wildman–Crippen MR) is 81.2 cm³/mol. The van der Waals surface area contributed by atoms with Gasteiger partial charge in [0.25, 0.3) is 5.91 Å². The van der Waals surface area contributed by atoms with E-state index in [-0.39, 0.29) is 30.9 Å². The van der Waals surface area contributed by atoms with E-state index in [0.29, 0.717) is 37.4 Å². The van der Waals surface area contributed by atoms with Crippen LogP contribution in [0.15, 0.2) is 24.3 Å². The number of fused-ring (bicyclic) bond motifs is 1.